The molecule has 0 fully saturated rings. The lowest BCUT2D eigenvalue weighted by Crippen LogP contribution is -2.47. The van der Waals surface area contributed by atoms with E-state index in [1.165, 1.54) is 4.90 Å². The Hall–Kier alpha value is -2.47. The molecule has 0 heterocycles. The maximum Gasteiger partial charge on any atom is 0.342 e. The van der Waals surface area contributed by atoms with Crippen LogP contribution in [0.25, 0.3) is 0 Å². The molecule has 0 aromatic heterocycles. The normalized spacial score (nSPS) is 12.3. The molecule has 21 heteroatoms. The van der Waals surface area contributed by atoms with E-state index in [0.29, 0.717) is 0 Å². The fourth-order valence-electron chi connectivity index (χ4n) is 2.93. The van der Waals surface area contributed by atoms with E-state index in [-0.39, 0.29) is 26.2 Å². The number of aliphatic carboxylic acids is 4. The monoisotopic (exact) mass is 580 g/mol. The minimum atomic E-state index is -5.31. The van der Waals surface area contributed by atoms with Gasteiger partial charge < -0.3 is 45.3 Å². The molecule has 37 heavy (non-hydrogen) atoms. The van der Waals surface area contributed by atoms with Crippen molar-refractivity contribution < 1.29 is 73.1 Å². The van der Waals surface area contributed by atoms with Gasteiger partial charge in [0, 0.05) is 32.7 Å². The molecule has 0 radical (unpaired) electrons. The first-order valence-corrected chi connectivity index (χ1v) is 13.6. The van der Waals surface area contributed by atoms with Gasteiger partial charge in [0.2, 0.25) is 5.91 Å². The molecule has 0 aliphatic heterocycles. The number of carboxylic acid groups (broad SMARTS) is 4. The largest absolute Gasteiger partial charge is 0.480 e. The van der Waals surface area contributed by atoms with E-state index >= 15 is 0 Å². The maximum absolute atomic E-state index is 12.2. The van der Waals surface area contributed by atoms with Crippen molar-refractivity contribution >= 4 is 45.0 Å². The van der Waals surface area contributed by atoms with Crippen LogP contribution in [0.4, 0.5) is 0 Å². The van der Waals surface area contributed by atoms with Gasteiger partial charge in [0.05, 0.1) is 32.7 Å². The standard InChI is InChI=1S/C16H30N4O15P2/c21-11(17-5-16(36(30,31)32)37(33,34)35)6-19(8-13(24)25)3-1-18(7-12(22)23)2-4-20(9-14(26)27)10-15(28)29/h16H,1-10H2,(H,17,21)(H,22,23)(H,24,25)(H,26,27)(H,28,29)(H2,30,31,32)(H2,33,34,35). The first kappa shape index (κ1) is 34.5. The van der Waals surface area contributed by atoms with Crippen molar-refractivity contribution in [1.82, 2.24) is 20.0 Å². The number of carbonyl (C=O) groups is 5. The van der Waals surface area contributed by atoms with E-state index in [0.717, 1.165) is 9.80 Å². The second kappa shape index (κ2) is 15.7. The van der Waals surface area contributed by atoms with Gasteiger partial charge in [0.1, 0.15) is 0 Å². The summed E-state index contributed by atoms with van der Waals surface area (Å²) in [5.41, 5.74) is 0. The van der Waals surface area contributed by atoms with Gasteiger partial charge in [-0.3, -0.25) is 47.8 Å². The van der Waals surface area contributed by atoms with Gasteiger partial charge in [-0.05, 0) is 0 Å². The molecule has 214 valence electrons. The van der Waals surface area contributed by atoms with Crippen molar-refractivity contribution in [3.63, 3.8) is 0 Å². The lowest BCUT2D eigenvalue weighted by atomic mass is 10.3. The summed E-state index contributed by atoms with van der Waals surface area (Å²) in [6.07, 6.45) is 0. The lowest BCUT2D eigenvalue weighted by molar-refractivity contribution is -0.143. The van der Waals surface area contributed by atoms with Crippen LogP contribution in [0.5, 0.6) is 0 Å². The van der Waals surface area contributed by atoms with Gasteiger partial charge in [0.25, 0.3) is 0 Å². The van der Waals surface area contributed by atoms with Crippen LogP contribution in [0, 0.1) is 0 Å². The van der Waals surface area contributed by atoms with E-state index in [2.05, 4.69) is 0 Å². The third-order valence-electron chi connectivity index (χ3n) is 4.53. The SMILES string of the molecule is O=C(O)CN(CCN(CC(=O)O)CC(=O)O)CCN(CC(=O)O)CC(=O)NCC(P(=O)(O)O)P(=O)(O)O. The van der Waals surface area contributed by atoms with E-state index in [1.807, 2.05) is 5.32 Å². The Bertz CT molecular complexity index is 882. The maximum atomic E-state index is 12.2. The van der Waals surface area contributed by atoms with Crippen molar-refractivity contribution in [2.75, 3.05) is 65.4 Å². The van der Waals surface area contributed by atoms with Crippen molar-refractivity contribution in [3.05, 3.63) is 0 Å². The fourth-order valence-corrected chi connectivity index (χ4v) is 5.15. The van der Waals surface area contributed by atoms with Gasteiger partial charge in [-0.25, -0.2) is 0 Å². The molecule has 0 rings (SSSR count). The van der Waals surface area contributed by atoms with Crippen LogP contribution in [0.2, 0.25) is 0 Å². The van der Waals surface area contributed by atoms with Crippen molar-refractivity contribution in [2.24, 2.45) is 0 Å². The summed E-state index contributed by atoms with van der Waals surface area (Å²) in [7, 11) is -10.6. The van der Waals surface area contributed by atoms with Crippen LogP contribution in [-0.4, -0.2) is 155 Å². The van der Waals surface area contributed by atoms with Crippen LogP contribution in [0.15, 0.2) is 0 Å². The summed E-state index contributed by atoms with van der Waals surface area (Å²) in [5.74, 6) is -6.36. The first-order valence-electron chi connectivity index (χ1n) is 10.2. The summed E-state index contributed by atoms with van der Waals surface area (Å²) in [4.78, 5) is 95.9. The lowest BCUT2D eigenvalue weighted by Gasteiger charge is -2.27. The van der Waals surface area contributed by atoms with E-state index in [1.54, 1.807) is 0 Å². The Morgan fingerprint density at radius 3 is 1.19 bits per heavy atom. The highest BCUT2D eigenvalue weighted by atomic mass is 31.2. The average Bonchev–Trinajstić information content (AvgIpc) is 2.65. The molecule has 0 aromatic carbocycles. The van der Waals surface area contributed by atoms with Gasteiger partial charge in [-0.1, -0.05) is 0 Å². The number of rotatable bonds is 20. The molecule has 0 aromatic rings. The second-order valence-corrected chi connectivity index (χ2v) is 11.7. The molecular formula is C16H30N4O15P2. The Morgan fingerprint density at radius 2 is 0.865 bits per heavy atom. The number of carbonyl (C=O) groups excluding carboxylic acids is 1. The van der Waals surface area contributed by atoms with Crippen LogP contribution < -0.4 is 5.32 Å². The highest BCUT2D eigenvalue weighted by Gasteiger charge is 2.43. The summed E-state index contributed by atoms with van der Waals surface area (Å²) in [6.45, 7) is -5.13. The Balaban J connectivity index is 5.25. The van der Waals surface area contributed by atoms with E-state index < -0.39 is 89.6 Å². The van der Waals surface area contributed by atoms with Crippen molar-refractivity contribution in [2.45, 2.75) is 5.40 Å². The summed E-state index contributed by atoms with van der Waals surface area (Å²) < 4.78 is 22.6. The van der Waals surface area contributed by atoms with Crippen LogP contribution in [0.1, 0.15) is 0 Å². The number of nitrogens with zero attached hydrogens (tertiary/aromatic N) is 3. The van der Waals surface area contributed by atoms with Gasteiger partial charge in [-0.15, -0.1) is 0 Å². The quantitative estimate of drug-likeness (QED) is 0.0620. The molecule has 1 amide bonds. The molecule has 0 unspecified atom stereocenters. The van der Waals surface area contributed by atoms with Gasteiger partial charge >= 0.3 is 39.1 Å². The molecule has 0 spiro atoms. The Morgan fingerprint density at radius 1 is 0.568 bits per heavy atom. The van der Waals surface area contributed by atoms with Crippen LogP contribution in [0.3, 0.4) is 0 Å². The molecule has 9 N–H and O–H groups in total. The van der Waals surface area contributed by atoms with E-state index in [9.17, 15) is 33.1 Å². The fraction of sp³-hybridized carbons (Fsp3) is 0.688. The zero-order valence-corrected chi connectivity index (χ0v) is 21.1. The molecule has 0 bridgehead atoms. The molecule has 0 saturated carbocycles. The topological polar surface area (TPSA) is 303 Å². The van der Waals surface area contributed by atoms with Crippen molar-refractivity contribution in [3.8, 4) is 0 Å². The third kappa shape index (κ3) is 16.8. The summed E-state index contributed by atoms with van der Waals surface area (Å²) in [6, 6.07) is 0. The summed E-state index contributed by atoms with van der Waals surface area (Å²) >= 11 is 0. The van der Waals surface area contributed by atoms with E-state index in [4.69, 9.17) is 40.0 Å². The zero-order chi connectivity index (χ0) is 29.0. The van der Waals surface area contributed by atoms with Gasteiger partial charge in [0.15, 0.2) is 5.40 Å². The molecule has 19 nitrogen and oxygen atoms in total. The molecule has 0 saturated heterocycles. The summed E-state index contributed by atoms with van der Waals surface area (Å²) in [5, 5.41) is 35.4. The highest BCUT2D eigenvalue weighted by Crippen LogP contribution is 2.59. The Kier molecular flexibility index (Phi) is 14.7. The smallest absolute Gasteiger partial charge is 0.342 e. The number of amides is 1. The average molecular weight is 580 g/mol. The predicted molar refractivity (Wildman–Crippen MR) is 121 cm³/mol. The first-order chi connectivity index (χ1) is 16.8. The molecule has 0 aliphatic carbocycles. The van der Waals surface area contributed by atoms with Crippen LogP contribution in [-0.2, 0) is 33.1 Å². The number of carboxylic acids is 4. The molecule has 0 atom stereocenters. The zero-order valence-electron chi connectivity index (χ0n) is 19.3. The minimum Gasteiger partial charge on any atom is -0.480 e. The third-order valence-corrected chi connectivity index (χ3v) is 8.25. The predicted octanol–water partition coefficient (Wildman–Crippen LogP) is -3.97. The molecular weight excluding hydrogens is 550 g/mol. The Labute approximate surface area is 209 Å². The van der Waals surface area contributed by atoms with Crippen LogP contribution >= 0.6 is 15.2 Å². The number of hydrogen-bond acceptors (Lipinski definition) is 10. The highest BCUT2D eigenvalue weighted by molar-refractivity contribution is 7.70. The molecule has 0 aliphatic rings. The van der Waals surface area contributed by atoms with Gasteiger partial charge in [-0.2, -0.15) is 0 Å². The minimum absolute atomic E-state index is 0.133. The second-order valence-electron chi connectivity index (χ2n) is 7.74. The number of hydrogen-bond donors (Lipinski definition) is 9. The van der Waals surface area contributed by atoms with Crippen molar-refractivity contribution in [1.29, 1.82) is 0 Å². The number of nitrogens with one attached hydrogen (secondary N) is 1.